The van der Waals surface area contributed by atoms with Gasteiger partial charge in [0.25, 0.3) is 0 Å². The van der Waals surface area contributed by atoms with Crippen LogP contribution in [0.3, 0.4) is 0 Å². The van der Waals surface area contributed by atoms with Crippen LogP contribution >= 0.6 is 0 Å². The molecule has 0 heterocycles. The van der Waals surface area contributed by atoms with E-state index in [1.54, 1.807) is 0 Å². The number of rotatable bonds is 3. The van der Waals surface area contributed by atoms with Gasteiger partial charge in [-0.05, 0) is 30.2 Å². The van der Waals surface area contributed by atoms with Crippen LogP contribution in [-0.2, 0) is 12.8 Å². The summed E-state index contributed by atoms with van der Waals surface area (Å²) in [6, 6.07) is 15.3. The molecule has 0 fully saturated rings. The molecular weight excluding hydrogens is 276 g/mol. The van der Waals surface area contributed by atoms with Crippen molar-refractivity contribution in [3.63, 3.8) is 0 Å². The molecule has 4 heteroatoms. The Labute approximate surface area is 130 Å². The van der Waals surface area contributed by atoms with Gasteiger partial charge in [-0.2, -0.15) is 0 Å². The zero-order valence-electron chi connectivity index (χ0n) is 12.6. The van der Waals surface area contributed by atoms with E-state index in [1.807, 2.05) is 55.5 Å². The Morgan fingerprint density at radius 2 is 1.68 bits per heavy atom. The zero-order chi connectivity index (χ0) is 15.6. The third-order valence-corrected chi connectivity index (χ3v) is 4.04. The average molecular weight is 296 g/mol. The van der Waals surface area contributed by atoms with Crippen LogP contribution in [0.15, 0.2) is 48.5 Å². The number of carbonyl (C=O) groups excluding carboxylic acids is 1. The van der Waals surface area contributed by atoms with Gasteiger partial charge in [-0.1, -0.05) is 42.0 Å². The fourth-order valence-electron chi connectivity index (χ4n) is 2.86. The highest BCUT2D eigenvalue weighted by molar-refractivity contribution is 5.89. The quantitative estimate of drug-likeness (QED) is 0.815. The number of aryl methyl sites for hydroxylation is 1. The Kier molecular flexibility index (Phi) is 3.86. The van der Waals surface area contributed by atoms with Gasteiger partial charge >= 0.3 is 6.03 Å². The lowest BCUT2D eigenvalue weighted by Gasteiger charge is -2.22. The van der Waals surface area contributed by atoms with Gasteiger partial charge in [0.05, 0.1) is 5.60 Å². The number of amides is 2. The van der Waals surface area contributed by atoms with Gasteiger partial charge in [0.2, 0.25) is 0 Å². The molecule has 2 amide bonds. The minimum atomic E-state index is -0.895. The van der Waals surface area contributed by atoms with Crippen molar-refractivity contribution in [3.8, 4) is 0 Å². The summed E-state index contributed by atoms with van der Waals surface area (Å²) in [7, 11) is 0. The smallest absolute Gasteiger partial charge is 0.319 e. The Balaban J connectivity index is 1.54. The third-order valence-electron chi connectivity index (χ3n) is 4.04. The molecule has 0 unspecified atom stereocenters. The van der Waals surface area contributed by atoms with E-state index in [2.05, 4.69) is 10.6 Å². The number of aliphatic hydroxyl groups is 1. The molecule has 1 aliphatic rings. The Morgan fingerprint density at radius 3 is 2.27 bits per heavy atom. The topological polar surface area (TPSA) is 61.4 Å². The largest absolute Gasteiger partial charge is 0.387 e. The molecule has 1 aliphatic carbocycles. The van der Waals surface area contributed by atoms with Crippen molar-refractivity contribution in [1.29, 1.82) is 0 Å². The van der Waals surface area contributed by atoms with Crippen molar-refractivity contribution < 1.29 is 9.90 Å². The van der Waals surface area contributed by atoms with Crippen molar-refractivity contribution >= 4 is 11.7 Å². The maximum atomic E-state index is 11.9. The van der Waals surface area contributed by atoms with Crippen molar-refractivity contribution in [1.82, 2.24) is 5.32 Å². The fourth-order valence-corrected chi connectivity index (χ4v) is 2.86. The first-order valence-electron chi connectivity index (χ1n) is 7.45. The molecule has 0 saturated carbocycles. The fraction of sp³-hybridized carbons (Fsp3) is 0.278. The van der Waals surface area contributed by atoms with E-state index in [4.69, 9.17) is 0 Å². The number of benzene rings is 2. The van der Waals surface area contributed by atoms with Gasteiger partial charge in [-0.15, -0.1) is 0 Å². The summed E-state index contributed by atoms with van der Waals surface area (Å²) in [6.45, 7) is 2.23. The van der Waals surface area contributed by atoms with Gasteiger partial charge in [0, 0.05) is 25.1 Å². The maximum absolute atomic E-state index is 11.9. The van der Waals surface area contributed by atoms with Crippen molar-refractivity contribution in [2.24, 2.45) is 0 Å². The van der Waals surface area contributed by atoms with Gasteiger partial charge in [-0.3, -0.25) is 0 Å². The maximum Gasteiger partial charge on any atom is 0.319 e. The first kappa shape index (κ1) is 14.6. The first-order valence-corrected chi connectivity index (χ1v) is 7.45. The Hall–Kier alpha value is -2.33. The van der Waals surface area contributed by atoms with Gasteiger partial charge in [-0.25, -0.2) is 4.79 Å². The van der Waals surface area contributed by atoms with Crippen molar-refractivity contribution in [2.45, 2.75) is 25.4 Å². The number of anilines is 1. The molecule has 22 heavy (non-hydrogen) atoms. The lowest BCUT2D eigenvalue weighted by Crippen LogP contribution is -2.45. The molecule has 0 atom stereocenters. The molecule has 2 aromatic rings. The lowest BCUT2D eigenvalue weighted by molar-refractivity contribution is 0.0541. The summed E-state index contributed by atoms with van der Waals surface area (Å²) < 4.78 is 0. The molecule has 0 radical (unpaired) electrons. The van der Waals surface area contributed by atoms with E-state index in [1.165, 1.54) is 0 Å². The first-order chi connectivity index (χ1) is 10.5. The predicted octanol–water partition coefficient (Wildman–Crippen LogP) is 2.65. The van der Waals surface area contributed by atoms with Crippen molar-refractivity contribution in [2.75, 3.05) is 11.9 Å². The predicted molar refractivity (Wildman–Crippen MR) is 87.0 cm³/mol. The second-order valence-electron chi connectivity index (χ2n) is 6.02. The molecular formula is C18H20N2O2. The highest BCUT2D eigenvalue weighted by Crippen LogP contribution is 2.29. The molecule has 4 nitrogen and oxygen atoms in total. The molecule has 0 aromatic heterocycles. The van der Waals surface area contributed by atoms with Gasteiger partial charge in [0.1, 0.15) is 0 Å². The molecule has 114 valence electrons. The Bertz CT molecular complexity index is 655. The highest BCUT2D eigenvalue weighted by Gasteiger charge is 2.35. The monoisotopic (exact) mass is 296 g/mol. The molecule has 2 aromatic carbocycles. The highest BCUT2D eigenvalue weighted by atomic mass is 16.3. The zero-order valence-corrected chi connectivity index (χ0v) is 12.6. The van der Waals surface area contributed by atoms with Crippen LogP contribution in [0, 0.1) is 6.92 Å². The minimum absolute atomic E-state index is 0.235. The van der Waals surface area contributed by atoms with E-state index in [0.29, 0.717) is 12.8 Å². The average Bonchev–Trinajstić information content (AvgIpc) is 2.84. The van der Waals surface area contributed by atoms with Crippen LogP contribution in [0.2, 0.25) is 0 Å². The number of carbonyl (C=O) groups is 1. The van der Waals surface area contributed by atoms with Crippen LogP contribution in [0.25, 0.3) is 0 Å². The SMILES string of the molecule is Cc1ccc(NC(=O)NCC2(O)Cc3ccccc3C2)cc1. The standard InChI is InChI=1S/C18H20N2O2/c1-13-6-8-16(9-7-13)20-17(21)19-12-18(22)10-14-4-2-3-5-15(14)11-18/h2-9,22H,10-12H2,1H3,(H2,19,20,21). The molecule has 3 N–H and O–H groups in total. The summed E-state index contributed by atoms with van der Waals surface area (Å²) in [4.78, 5) is 11.9. The molecule has 0 aliphatic heterocycles. The van der Waals surface area contributed by atoms with Gasteiger partial charge in [0.15, 0.2) is 0 Å². The number of fused-ring (bicyclic) bond motifs is 1. The van der Waals surface area contributed by atoms with Crippen LogP contribution in [0.5, 0.6) is 0 Å². The minimum Gasteiger partial charge on any atom is -0.387 e. The van der Waals surface area contributed by atoms with Crippen LogP contribution in [0.4, 0.5) is 10.5 Å². The van der Waals surface area contributed by atoms with E-state index in [9.17, 15) is 9.90 Å². The van der Waals surface area contributed by atoms with Crippen LogP contribution in [-0.4, -0.2) is 23.3 Å². The van der Waals surface area contributed by atoms with Gasteiger partial charge < -0.3 is 15.7 Å². The Morgan fingerprint density at radius 1 is 1.09 bits per heavy atom. The summed E-state index contributed by atoms with van der Waals surface area (Å²) in [5, 5.41) is 16.2. The lowest BCUT2D eigenvalue weighted by atomic mass is 10.0. The summed E-state index contributed by atoms with van der Waals surface area (Å²) >= 11 is 0. The molecule has 0 saturated heterocycles. The number of hydrogen-bond acceptors (Lipinski definition) is 2. The van der Waals surface area contributed by atoms with E-state index < -0.39 is 5.60 Å². The van der Waals surface area contributed by atoms with Crippen LogP contribution < -0.4 is 10.6 Å². The second-order valence-corrected chi connectivity index (χ2v) is 6.02. The molecule has 3 rings (SSSR count). The number of urea groups is 1. The van der Waals surface area contributed by atoms with Crippen LogP contribution in [0.1, 0.15) is 16.7 Å². The normalized spacial score (nSPS) is 15.2. The second kappa shape index (κ2) is 5.81. The molecule has 0 bridgehead atoms. The van der Waals surface area contributed by atoms with E-state index in [0.717, 1.165) is 22.4 Å². The summed E-state index contributed by atoms with van der Waals surface area (Å²) in [6.07, 6.45) is 1.15. The number of nitrogens with one attached hydrogen (secondary N) is 2. The third kappa shape index (κ3) is 3.28. The van der Waals surface area contributed by atoms with E-state index >= 15 is 0 Å². The number of hydrogen-bond donors (Lipinski definition) is 3. The summed E-state index contributed by atoms with van der Waals surface area (Å²) in [5.41, 5.74) is 3.30. The molecule has 0 spiro atoms. The van der Waals surface area contributed by atoms with E-state index in [-0.39, 0.29) is 12.6 Å². The summed E-state index contributed by atoms with van der Waals surface area (Å²) in [5.74, 6) is 0. The van der Waals surface area contributed by atoms with Crippen molar-refractivity contribution in [3.05, 3.63) is 65.2 Å².